The number of ether oxygens (including phenoxy) is 1. The van der Waals surface area contributed by atoms with Gasteiger partial charge in [0.1, 0.15) is 5.56 Å². The van der Waals surface area contributed by atoms with Crippen LogP contribution in [0, 0.1) is 5.92 Å². The fourth-order valence-electron chi connectivity index (χ4n) is 2.91. The van der Waals surface area contributed by atoms with E-state index in [4.69, 9.17) is 11.6 Å². The van der Waals surface area contributed by atoms with Gasteiger partial charge >= 0.3 is 5.97 Å². The van der Waals surface area contributed by atoms with Crippen LogP contribution >= 0.6 is 11.6 Å². The van der Waals surface area contributed by atoms with Gasteiger partial charge in [0, 0.05) is 23.7 Å². The van der Waals surface area contributed by atoms with Gasteiger partial charge in [0.15, 0.2) is 5.75 Å². The van der Waals surface area contributed by atoms with Crippen LogP contribution in [0.15, 0.2) is 42.5 Å². The molecule has 1 heterocycles. The minimum Gasteiger partial charge on any atom is -0.505 e. The van der Waals surface area contributed by atoms with Gasteiger partial charge in [-0.05, 0) is 36.4 Å². The Morgan fingerprint density at radius 1 is 1.22 bits per heavy atom. The summed E-state index contributed by atoms with van der Waals surface area (Å²) in [6.45, 7) is 0.212. The van der Waals surface area contributed by atoms with Gasteiger partial charge in [-0.1, -0.05) is 17.7 Å². The van der Waals surface area contributed by atoms with Gasteiger partial charge in [0.05, 0.1) is 18.7 Å². The number of phenolic OH excluding ortho intramolecular Hbond substituents is 1. The Morgan fingerprint density at radius 2 is 1.93 bits per heavy atom. The molecule has 0 aliphatic carbocycles. The van der Waals surface area contributed by atoms with Gasteiger partial charge in [0.25, 0.3) is 0 Å². The van der Waals surface area contributed by atoms with Crippen molar-refractivity contribution in [3.63, 3.8) is 0 Å². The first kappa shape index (κ1) is 18.7. The molecule has 7 nitrogen and oxygen atoms in total. The van der Waals surface area contributed by atoms with E-state index in [2.05, 4.69) is 10.1 Å². The first-order valence-electron chi connectivity index (χ1n) is 8.17. The van der Waals surface area contributed by atoms with Crippen LogP contribution in [0.2, 0.25) is 5.02 Å². The monoisotopic (exact) mass is 388 g/mol. The number of phenols is 1. The molecule has 2 N–H and O–H groups in total. The lowest BCUT2D eigenvalue weighted by atomic mass is 10.1. The van der Waals surface area contributed by atoms with Crippen molar-refractivity contribution in [2.45, 2.75) is 6.42 Å². The molecule has 140 valence electrons. The van der Waals surface area contributed by atoms with Crippen molar-refractivity contribution >= 4 is 40.8 Å². The van der Waals surface area contributed by atoms with E-state index in [1.165, 1.54) is 30.2 Å². The number of hydrogen-bond donors (Lipinski definition) is 2. The van der Waals surface area contributed by atoms with Gasteiger partial charge < -0.3 is 20.1 Å². The molecule has 27 heavy (non-hydrogen) atoms. The van der Waals surface area contributed by atoms with E-state index >= 15 is 0 Å². The summed E-state index contributed by atoms with van der Waals surface area (Å²) in [4.78, 5) is 38.0. The quantitative estimate of drug-likeness (QED) is 0.620. The van der Waals surface area contributed by atoms with Crippen molar-refractivity contribution in [2.75, 3.05) is 23.9 Å². The van der Waals surface area contributed by atoms with Crippen LogP contribution in [0.25, 0.3) is 0 Å². The lowest BCUT2D eigenvalue weighted by Gasteiger charge is -2.17. The van der Waals surface area contributed by atoms with Crippen LogP contribution < -0.4 is 10.2 Å². The zero-order chi connectivity index (χ0) is 19.6. The van der Waals surface area contributed by atoms with E-state index < -0.39 is 17.8 Å². The van der Waals surface area contributed by atoms with Crippen LogP contribution in [-0.4, -0.2) is 36.5 Å². The van der Waals surface area contributed by atoms with Crippen LogP contribution in [0.3, 0.4) is 0 Å². The van der Waals surface area contributed by atoms with E-state index in [0.29, 0.717) is 10.7 Å². The summed E-state index contributed by atoms with van der Waals surface area (Å²) in [5.41, 5.74) is 0.691. The smallest absolute Gasteiger partial charge is 0.341 e. The molecule has 0 aromatic heterocycles. The molecule has 2 aromatic carbocycles. The first-order valence-corrected chi connectivity index (χ1v) is 8.55. The van der Waals surface area contributed by atoms with Crippen molar-refractivity contribution in [1.82, 2.24) is 0 Å². The number of benzene rings is 2. The Kier molecular flexibility index (Phi) is 5.32. The van der Waals surface area contributed by atoms with Crippen molar-refractivity contribution in [1.29, 1.82) is 0 Å². The highest BCUT2D eigenvalue weighted by Crippen LogP contribution is 2.31. The third-order valence-corrected chi connectivity index (χ3v) is 4.59. The lowest BCUT2D eigenvalue weighted by Crippen LogP contribution is -2.28. The number of para-hydroxylation sites is 1. The standard InChI is InChI=1S/C19H17ClN2O5/c1-27-19(26)14-3-2-4-15(17(14)24)21-18(25)11-9-16(23)22(10-11)13-7-5-12(20)6-8-13/h2-8,11,24H,9-10H2,1H3,(H,21,25). The van der Waals surface area contributed by atoms with Crippen LogP contribution in [0.4, 0.5) is 11.4 Å². The minimum atomic E-state index is -0.714. The molecule has 1 unspecified atom stereocenters. The SMILES string of the molecule is COC(=O)c1cccc(NC(=O)C2CC(=O)N(c3ccc(Cl)cc3)C2)c1O. The predicted octanol–water partition coefficient (Wildman–Crippen LogP) is 2.82. The number of nitrogens with zero attached hydrogens (tertiary/aromatic N) is 1. The Bertz CT molecular complexity index is 897. The summed E-state index contributed by atoms with van der Waals surface area (Å²) in [6.07, 6.45) is 0.0475. The zero-order valence-corrected chi connectivity index (χ0v) is 15.2. The lowest BCUT2D eigenvalue weighted by molar-refractivity contribution is -0.122. The average molecular weight is 389 g/mol. The summed E-state index contributed by atoms with van der Waals surface area (Å²) in [7, 11) is 1.20. The molecule has 1 fully saturated rings. The van der Waals surface area contributed by atoms with E-state index in [1.807, 2.05) is 0 Å². The highest BCUT2D eigenvalue weighted by Gasteiger charge is 2.35. The van der Waals surface area contributed by atoms with Gasteiger partial charge in [-0.3, -0.25) is 9.59 Å². The number of amides is 2. The molecule has 1 atom stereocenters. The first-order chi connectivity index (χ1) is 12.9. The summed E-state index contributed by atoms with van der Waals surface area (Å²) in [6, 6.07) is 11.1. The molecule has 0 radical (unpaired) electrons. The maximum absolute atomic E-state index is 12.6. The molecule has 3 rings (SSSR count). The van der Waals surface area contributed by atoms with Crippen molar-refractivity contribution < 1.29 is 24.2 Å². The Balaban J connectivity index is 1.73. The number of anilines is 2. The maximum atomic E-state index is 12.6. The predicted molar refractivity (Wildman–Crippen MR) is 100.0 cm³/mol. The van der Waals surface area contributed by atoms with Crippen molar-refractivity contribution in [2.24, 2.45) is 5.92 Å². The number of methoxy groups -OCH3 is 1. The van der Waals surface area contributed by atoms with E-state index in [9.17, 15) is 19.5 Å². The largest absolute Gasteiger partial charge is 0.505 e. The number of esters is 1. The second-order valence-corrected chi connectivity index (χ2v) is 6.50. The van der Waals surface area contributed by atoms with E-state index in [0.717, 1.165) is 0 Å². The molecule has 8 heteroatoms. The van der Waals surface area contributed by atoms with Crippen molar-refractivity contribution in [3.8, 4) is 5.75 Å². The molecule has 0 spiro atoms. The molecule has 0 saturated carbocycles. The van der Waals surface area contributed by atoms with Crippen LogP contribution in [-0.2, 0) is 14.3 Å². The number of nitrogens with one attached hydrogen (secondary N) is 1. The van der Waals surface area contributed by atoms with Crippen LogP contribution in [0.5, 0.6) is 5.75 Å². The Morgan fingerprint density at radius 3 is 2.59 bits per heavy atom. The minimum absolute atomic E-state index is 0.0475. The Labute approximate surface area is 160 Å². The topological polar surface area (TPSA) is 95.9 Å². The number of hydrogen-bond acceptors (Lipinski definition) is 5. The molecular weight excluding hydrogens is 372 g/mol. The van der Waals surface area contributed by atoms with Crippen LogP contribution in [0.1, 0.15) is 16.8 Å². The normalized spacial score (nSPS) is 16.3. The number of carbonyl (C=O) groups excluding carboxylic acids is 3. The zero-order valence-electron chi connectivity index (χ0n) is 14.4. The average Bonchev–Trinajstić information content (AvgIpc) is 3.05. The number of aromatic hydroxyl groups is 1. The maximum Gasteiger partial charge on any atom is 0.341 e. The van der Waals surface area contributed by atoms with E-state index in [1.54, 1.807) is 24.3 Å². The summed E-state index contributed by atoms with van der Waals surface area (Å²) in [5, 5.41) is 13.3. The second kappa shape index (κ2) is 7.67. The molecule has 0 bridgehead atoms. The fraction of sp³-hybridized carbons (Fsp3) is 0.211. The van der Waals surface area contributed by atoms with E-state index in [-0.39, 0.29) is 35.9 Å². The fourth-order valence-corrected chi connectivity index (χ4v) is 3.03. The van der Waals surface area contributed by atoms with Gasteiger partial charge in [-0.25, -0.2) is 4.79 Å². The molecule has 1 aliphatic rings. The highest BCUT2D eigenvalue weighted by atomic mass is 35.5. The van der Waals surface area contributed by atoms with Crippen molar-refractivity contribution in [3.05, 3.63) is 53.1 Å². The Hall–Kier alpha value is -3.06. The molecule has 2 amide bonds. The van der Waals surface area contributed by atoms with Gasteiger partial charge in [-0.15, -0.1) is 0 Å². The number of carbonyl (C=O) groups is 3. The molecular formula is C19H17ClN2O5. The number of halogens is 1. The highest BCUT2D eigenvalue weighted by molar-refractivity contribution is 6.30. The third kappa shape index (κ3) is 3.88. The summed E-state index contributed by atoms with van der Waals surface area (Å²) in [5.74, 6) is -2.28. The molecule has 1 saturated heterocycles. The summed E-state index contributed by atoms with van der Waals surface area (Å²) >= 11 is 5.86. The van der Waals surface area contributed by atoms with Gasteiger partial charge in [0.2, 0.25) is 11.8 Å². The number of rotatable bonds is 4. The second-order valence-electron chi connectivity index (χ2n) is 6.06. The van der Waals surface area contributed by atoms with Gasteiger partial charge in [-0.2, -0.15) is 0 Å². The molecule has 2 aromatic rings. The molecule has 1 aliphatic heterocycles. The summed E-state index contributed by atoms with van der Waals surface area (Å²) < 4.78 is 4.59. The third-order valence-electron chi connectivity index (χ3n) is 4.33.